The molecule has 0 unspecified atom stereocenters. The Morgan fingerprint density at radius 2 is 1.89 bits per heavy atom. The molecule has 1 saturated heterocycles. The number of fused-ring (bicyclic) bond motifs is 1. The van der Waals surface area contributed by atoms with Crippen molar-refractivity contribution in [2.75, 3.05) is 19.6 Å². The summed E-state index contributed by atoms with van der Waals surface area (Å²) in [7, 11) is 0. The summed E-state index contributed by atoms with van der Waals surface area (Å²) in [5.74, 6) is 0.453. The first kappa shape index (κ1) is 24.8. The number of amides is 1. The molecule has 0 bridgehead atoms. The molecule has 36 heavy (non-hydrogen) atoms. The molecule has 1 aromatic heterocycles. The molecule has 0 radical (unpaired) electrons. The highest BCUT2D eigenvalue weighted by atomic mass is 35.5. The molecule has 1 fully saturated rings. The van der Waals surface area contributed by atoms with Crippen molar-refractivity contribution in [3.8, 4) is 5.88 Å². The smallest absolute Gasteiger partial charge is 0.256 e. The molecule has 0 aliphatic carbocycles. The van der Waals surface area contributed by atoms with Crippen LogP contribution in [0, 0.1) is 13.8 Å². The third-order valence-electron chi connectivity index (χ3n) is 7.07. The number of nitrogens with zero attached hydrogens (tertiary/aromatic N) is 2. The number of carbonyl (C=O) groups excluding carboxylic acids is 1. The summed E-state index contributed by atoms with van der Waals surface area (Å²) in [5, 5.41) is 4.35. The highest BCUT2D eigenvalue weighted by Crippen LogP contribution is 2.39. The highest BCUT2D eigenvalue weighted by molar-refractivity contribution is 6.38. The van der Waals surface area contributed by atoms with Gasteiger partial charge in [-0.05, 0) is 72.7 Å². The van der Waals surface area contributed by atoms with Crippen molar-refractivity contribution in [3.05, 3.63) is 97.2 Å². The van der Waals surface area contributed by atoms with Gasteiger partial charge in [-0.25, -0.2) is 4.98 Å². The molecule has 2 aliphatic heterocycles. The minimum Gasteiger partial charge on any atom is -0.473 e. The molecule has 3 heterocycles. The zero-order chi connectivity index (χ0) is 25.4. The molecule has 3 aromatic rings. The number of carbonyl (C=O) groups is 1. The fourth-order valence-electron chi connectivity index (χ4n) is 4.82. The van der Waals surface area contributed by atoms with E-state index in [9.17, 15) is 4.79 Å². The van der Waals surface area contributed by atoms with E-state index in [-0.39, 0.29) is 5.91 Å². The van der Waals surface area contributed by atoms with E-state index in [1.165, 1.54) is 5.57 Å². The van der Waals surface area contributed by atoms with Gasteiger partial charge in [-0.15, -0.1) is 0 Å². The fraction of sp³-hybridized carbons (Fsp3) is 0.310. The lowest BCUT2D eigenvalue weighted by Gasteiger charge is -2.32. The predicted octanol–water partition coefficient (Wildman–Crippen LogP) is 6.16. The molecular formula is C29H29Cl2N3O2. The maximum Gasteiger partial charge on any atom is 0.256 e. The Bertz CT molecular complexity index is 1360. The Morgan fingerprint density at radius 1 is 1.14 bits per heavy atom. The minimum atomic E-state index is -0.108. The lowest BCUT2D eigenvalue weighted by Crippen LogP contribution is -2.38. The number of aromatic nitrogens is 1. The standard InChI is InChI=1S/C29H29Cl2N3O2/c1-17-11-18(2)33-28(36-16-20-7-5-4-6-8-20)24(17)15-34-10-9-22-25(30)12-23(19(3)21-13-32-14-21)27(31)26(22)29(34)35/h4-8,11-12,32H,9-10,13-16H2,1-3H3. The average Bonchev–Trinajstić information content (AvgIpc) is 2.82. The average molecular weight is 522 g/mol. The maximum absolute atomic E-state index is 13.8. The molecule has 2 aromatic carbocycles. The second kappa shape index (κ2) is 10.3. The van der Waals surface area contributed by atoms with Crippen LogP contribution < -0.4 is 10.1 Å². The van der Waals surface area contributed by atoms with Gasteiger partial charge in [0.2, 0.25) is 5.88 Å². The molecule has 5 nitrogen and oxygen atoms in total. The Balaban J connectivity index is 1.45. The number of benzene rings is 2. The third-order valence-corrected chi connectivity index (χ3v) is 7.80. The Hall–Kier alpha value is -2.86. The van der Waals surface area contributed by atoms with Gasteiger partial charge in [-0.1, -0.05) is 53.5 Å². The van der Waals surface area contributed by atoms with Crippen LogP contribution in [0.15, 0.2) is 48.0 Å². The van der Waals surface area contributed by atoms with Crippen LogP contribution in [-0.4, -0.2) is 35.4 Å². The Labute approximate surface area is 222 Å². The van der Waals surface area contributed by atoms with Gasteiger partial charge in [-0.3, -0.25) is 4.79 Å². The first-order valence-corrected chi connectivity index (χ1v) is 12.9. The number of hydrogen-bond acceptors (Lipinski definition) is 4. The third kappa shape index (κ3) is 4.75. The van der Waals surface area contributed by atoms with Crippen molar-refractivity contribution < 1.29 is 9.53 Å². The minimum absolute atomic E-state index is 0.108. The van der Waals surface area contributed by atoms with Gasteiger partial charge in [0.25, 0.3) is 5.91 Å². The summed E-state index contributed by atoms with van der Waals surface area (Å²) >= 11 is 13.6. The number of hydrogen-bond donors (Lipinski definition) is 1. The zero-order valence-electron chi connectivity index (χ0n) is 20.8. The van der Waals surface area contributed by atoms with E-state index in [2.05, 4.69) is 10.3 Å². The molecule has 0 atom stereocenters. The Morgan fingerprint density at radius 3 is 2.58 bits per heavy atom. The number of ether oxygens (including phenoxy) is 1. The van der Waals surface area contributed by atoms with Crippen molar-refractivity contribution >= 4 is 34.7 Å². The van der Waals surface area contributed by atoms with E-state index in [0.29, 0.717) is 47.6 Å². The molecule has 2 aliphatic rings. The fourth-order valence-corrected chi connectivity index (χ4v) is 5.51. The monoisotopic (exact) mass is 521 g/mol. The van der Waals surface area contributed by atoms with Crippen LogP contribution in [0.4, 0.5) is 0 Å². The molecule has 1 amide bonds. The van der Waals surface area contributed by atoms with Crippen LogP contribution in [0.3, 0.4) is 0 Å². The van der Waals surface area contributed by atoms with Crippen molar-refractivity contribution in [1.82, 2.24) is 15.2 Å². The predicted molar refractivity (Wildman–Crippen MR) is 145 cm³/mol. The first-order chi connectivity index (χ1) is 17.3. The van der Waals surface area contributed by atoms with E-state index in [1.54, 1.807) is 0 Å². The molecule has 186 valence electrons. The van der Waals surface area contributed by atoms with Gasteiger partial charge in [0, 0.05) is 35.9 Å². The number of halogens is 2. The summed E-state index contributed by atoms with van der Waals surface area (Å²) in [5.41, 5.74) is 8.45. The molecule has 5 rings (SSSR count). The van der Waals surface area contributed by atoms with Crippen LogP contribution in [0.2, 0.25) is 10.0 Å². The molecule has 7 heteroatoms. The van der Waals surface area contributed by atoms with Gasteiger partial charge in [0.15, 0.2) is 0 Å². The van der Waals surface area contributed by atoms with Crippen molar-refractivity contribution in [3.63, 3.8) is 0 Å². The SMILES string of the molecule is CC(=C1CNC1)c1cc(Cl)c2c(c1Cl)C(=O)N(Cc1c(C)cc(C)nc1OCc1ccccc1)CC2. The second-order valence-corrected chi connectivity index (χ2v) is 10.3. The summed E-state index contributed by atoms with van der Waals surface area (Å²) < 4.78 is 6.16. The largest absolute Gasteiger partial charge is 0.473 e. The molecular weight excluding hydrogens is 493 g/mol. The quantitative estimate of drug-likeness (QED) is 0.422. The van der Waals surface area contributed by atoms with E-state index in [0.717, 1.165) is 52.2 Å². The number of pyridine rings is 1. The van der Waals surface area contributed by atoms with Crippen molar-refractivity contribution in [2.45, 2.75) is 40.3 Å². The normalized spacial score (nSPS) is 15.0. The van der Waals surface area contributed by atoms with Crippen LogP contribution in [0.1, 0.15) is 50.8 Å². The van der Waals surface area contributed by atoms with Crippen LogP contribution >= 0.6 is 23.2 Å². The Kier molecular flexibility index (Phi) is 7.07. The molecule has 1 N–H and O–H groups in total. The lowest BCUT2D eigenvalue weighted by atomic mass is 9.91. The van der Waals surface area contributed by atoms with Gasteiger partial charge in [0.1, 0.15) is 6.61 Å². The number of aryl methyl sites for hydroxylation is 2. The van der Waals surface area contributed by atoms with E-state index in [1.807, 2.05) is 68.1 Å². The highest BCUT2D eigenvalue weighted by Gasteiger charge is 2.32. The summed E-state index contributed by atoms with van der Waals surface area (Å²) in [6.45, 7) is 9.06. The lowest BCUT2D eigenvalue weighted by molar-refractivity contribution is 0.0725. The summed E-state index contributed by atoms with van der Waals surface area (Å²) in [4.78, 5) is 20.3. The van der Waals surface area contributed by atoms with Crippen molar-refractivity contribution in [1.29, 1.82) is 0 Å². The number of rotatable bonds is 6. The van der Waals surface area contributed by atoms with Gasteiger partial charge < -0.3 is 15.0 Å². The topological polar surface area (TPSA) is 54.5 Å². The van der Waals surface area contributed by atoms with Gasteiger partial charge >= 0.3 is 0 Å². The number of nitrogens with one attached hydrogen (secondary N) is 1. The van der Waals surface area contributed by atoms with Crippen molar-refractivity contribution in [2.24, 2.45) is 0 Å². The summed E-state index contributed by atoms with van der Waals surface area (Å²) in [6.07, 6.45) is 0.648. The summed E-state index contributed by atoms with van der Waals surface area (Å²) in [6, 6.07) is 13.9. The zero-order valence-corrected chi connectivity index (χ0v) is 22.3. The number of allylic oxidation sites excluding steroid dienone is 1. The maximum atomic E-state index is 13.8. The van der Waals surface area contributed by atoms with E-state index in [4.69, 9.17) is 27.9 Å². The molecule has 0 spiro atoms. The van der Waals surface area contributed by atoms with Gasteiger partial charge in [-0.2, -0.15) is 0 Å². The first-order valence-electron chi connectivity index (χ1n) is 12.2. The van der Waals surface area contributed by atoms with Gasteiger partial charge in [0.05, 0.1) is 17.1 Å². The van der Waals surface area contributed by atoms with Crippen LogP contribution in [-0.2, 0) is 19.6 Å². The molecule has 0 saturated carbocycles. The van der Waals surface area contributed by atoms with Crippen LogP contribution in [0.25, 0.3) is 5.57 Å². The van der Waals surface area contributed by atoms with E-state index < -0.39 is 0 Å². The second-order valence-electron chi connectivity index (χ2n) is 9.52. The van der Waals surface area contributed by atoms with E-state index >= 15 is 0 Å². The van der Waals surface area contributed by atoms with Crippen LogP contribution in [0.5, 0.6) is 5.88 Å².